The number of carbonyl (C=O) groups excluding carboxylic acids is 3. The Morgan fingerprint density at radius 2 is 1.67 bits per heavy atom. The monoisotopic (exact) mass is 299 g/mol. The van der Waals surface area contributed by atoms with E-state index in [1.807, 2.05) is 4.90 Å². The molecular formula is C14H25N3O4. The topological polar surface area (TPSA) is 70.2 Å². The molecule has 1 aliphatic rings. The number of rotatable bonds is 6. The molecule has 120 valence electrons. The number of ether oxygens (including phenoxy) is 1. The molecule has 0 aromatic rings. The first-order valence-electron chi connectivity index (χ1n) is 7.30. The van der Waals surface area contributed by atoms with Crippen molar-refractivity contribution in [1.82, 2.24) is 14.7 Å². The molecule has 0 radical (unpaired) electrons. The van der Waals surface area contributed by atoms with Crippen LogP contribution in [0.25, 0.3) is 0 Å². The highest BCUT2D eigenvalue weighted by atomic mass is 16.5. The van der Waals surface area contributed by atoms with E-state index in [4.69, 9.17) is 4.74 Å². The normalized spacial score (nSPS) is 15.7. The van der Waals surface area contributed by atoms with Crippen LogP contribution in [0.2, 0.25) is 0 Å². The van der Waals surface area contributed by atoms with Crippen LogP contribution in [0, 0.1) is 0 Å². The first-order chi connectivity index (χ1) is 9.93. The summed E-state index contributed by atoms with van der Waals surface area (Å²) in [4.78, 5) is 40.2. The third-order valence-electron chi connectivity index (χ3n) is 3.43. The number of piperazine rings is 1. The molecule has 0 spiro atoms. The molecule has 0 aromatic carbocycles. The van der Waals surface area contributed by atoms with Gasteiger partial charge in [0, 0.05) is 46.7 Å². The smallest absolute Gasteiger partial charge is 0.306 e. The quantitative estimate of drug-likeness (QED) is 0.622. The molecule has 2 amide bonds. The molecule has 1 rings (SSSR count). The molecule has 1 aliphatic heterocycles. The summed E-state index contributed by atoms with van der Waals surface area (Å²) in [6, 6.07) is 0. The van der Waals surface area contributed by atoms with Gasteiger partial charge in [-0.15, -0.1) is 0 Å². The average Bonchev–Trinajstić information content (AvgIpc) is 2.45. The van der Waals surface area contributed by atoms with Gasteiger partial charge < -0.3 is 14.5 Å². The number of hydrogen-bond acceptors (Lipinski definition) is 5. The zero-order valence-corrected chi connectivity index (χ0v) is 13.1. The zero-order chi connectivity index (χ0) is 15.8. The van der Waals surface area contributed by atoms with Crippen LogP contribution in [0.15, 0.2) is 0 Å². The third kappa shape index (κ3) is 6.12. The van der Waals surface area contributed by atoms with Gasteiger partial charge in [0.25, 0.3) is 0 Å². The summed E-state index contributed by atoms with van der Waals surface area (Å²) in [5, 5.41) is 0. The van der Waals surface area contributed by atoms with Crippen LogP contribution in [-0.4, -0.2) is 85.9 Å². The highest BCUT2D eigenvalue weighted by Crippen LogP contribution is 2.06. The number of amides is 2. The number of esters is 1. The van der Waals surface area contributed by atoms with E-state index in [9.17, 15) is 14.4 Å². The third-order valence-corrected chi connectivity index (χ3v) is 3.43. The van der Waals surface area contributed by atoms with E-state index in [2.05, 4.69) is 0 Å². The van der Waals surface area contributed by atoms with Crippen molar-refractivity contribution in [2.45, 2.75) is 19.8 Å². The van der Waals surface area contributed by atoms with Crippen molar-refractivity contribution in [3.63, 3.8) is 0 Å². The summed E-state index contributed by atoms with van der Waals surface area (Å²) < 4.78 is 4.80. The van der Waals surface area contributed by atoms with Crippen LogP contribution in [0.3, 0.4) is 0 Å². The van der Waals surface area contributed by atoms with Crippen LogP contribution in [0.4, 0.5) is 0 Å². The SMILES string of the molecule is CCOC(=O)CCC(=O)N1CCN(CC(=O)N(C)C)CC1. The summed E-state index contributed by atoms with van der Waals surface area (Å²) in [5.74, 6) is -0.292. The maximum absolute atomic E-state index is 12.0. The van der Waals surface area contributed by atoms with Crippen LogP contribution in [0.1, 0.15) is 19.8 Å². The van der Waals surface area contributed by atoms with Crippen molar-refractivity contribution >= 4 is 17.8 Å². The van der Waals surface area contributed by atoms with E-state index in [0.717, 1.165) is 0 Å². The summed E-state index contributed by atoms with van der Waals surface area (Å²) in [6.07, 6.45) is 0.321. The van der Waals surface area contributed by atoms with Gasteiger partial charge in [0.15, 0.2) is 0 Å². The Labute approximate surface area is 125 Å². The van der Waals surface area contributed by atoms with Crippen molar-refractivity contribution in [2.24, 2.45) is 0 Å². The number of carbonyl (C=O) groups is 3. The molecular weight excluding hydrogens is 274 g/mol. The van der Waals surface area contributed by atoms with E-state index in [1.54, 1.807) is 30.8 Å². The van der Waals surface area contributed by atoms with Gasteiger partial charge in [0.2, 0.25) is 11.8 Å². The minimum absolute atomic E-state index is 0.0263. The zero-order valence-electron chi connectivity index (χ0n) is 13.1. The average molecular weight is 299 g/mol. The molecule has 1 heterocycles. The lowest BCUT2D eigenvalue weighted by atomic mass is 10.2. The molecule has 1 fully saturated rings. The fourth-order valence-electron chi connectivity index (χ4n) is 2.09. The van der Waals surface area contributed by atoms with Gasteiger partial charge in [-0.1, -0.05) is 0 Å². The Morgan fingerprint density at radius 3 is 2.19 bits per heavy atom. The maximum Gasteiger partial charge on any atom is 0.306 e. The van der Waals surface area contributed by atoms with Crippen LogP contribution < -0.4 is 0 Å². The Morgan fingerprint density at radius 1 is 1.05 bits per heavy atom. The Bertz CT molecular complexity index is 376. The second kappa shape index (κ2) is 8.61. The van der Waals surface area contributed by atoms with Gasteiger partial charge in [-0.25, -0.2) is 0 Å². The molecule has 7 nitrogen and oxygen atoms in total. The molecule has 0 aromatic heterocycles. The van der Waals surface area contributed by atoms with E-state index in [1.165, 1.54) is 0 Å². The minimum atomic E-state index is -0.332. The van der Waals surface area contributed by atoms with E-state index >= 15 is 0 Å². The lowest BCUT2D eigenvalue weighted by molar-refractivity contribution is -0.146. The van der Waals surface area contributed by atoms with Gasteiger partial charge in [-0.2, -0.15) is 0 Å². The Kier molecular flexibility index (Phi) is 7.14. The first-order valence-corrected chi connectivity index (χ1v) is 7.30. The summed E-state index contributed by atoms with van der Waals surface area (Å²) >= 11 is 0. The summed E-state index contributed by atoms with van der Waals surface area (Å²) in [5.41, 5.74) is 0. The number of nitrogens with zero attached hydrogens (tertiary/aromatic N) is 3. The van der Waals surface area contributed by atoms with Crippen LogP contribution in [0.5, 0.6) is 0 Å². The molecule has 0 N–H and O–H groups in total. The summed E-state index contributed by atoms with van der Waals surface area (Å²) in [7, 11) is 3.47. The van der Waals surface area contributed by atoms with Gasteiger partial charge in [-0.3, -0.25) is 19.3 Å². The van der Waals surface area contributed by atoms with Crippen molar-refractivity contribution in [2.75, 3.05) is 53.4 Å². The van der Waals surface area contributed by atoms with E-state index in [0.29, 0.717) is 39.3 Å². The van der Waals surface area contributed by atoms with Gasteiger partial charge in [0.05, 0.1) is 19.6 Å². The lowest BCUT2D eigenvalue weighted by Crippen LogP contribution is -2.51. The maximum atomic E-state index is 12.0. The minimum Gasteiger partial charge on any atom is -0.466 e. The fraction of sp³-hybridized carbons (Fsp3) is 0.786. The molecule has 0 bridgehead atoms. The fourth-order valence-corrected chi connectivity index (χ4v) is 2.09. The second-order valence-electron chi connectivity index (χ2n) is 5.25. The second-order valence-corrected chi connectivity index (χ2v) is 5.25. The molecule has 0 saturated carbocycles. The molecule has 0 unspecified atom stereocenters. The van der Waals surface area contributed by atoms with Crippen molar-refractivity contribution in [1.29, 1.82) is 0 Å². The van der Waals surface area contributed by atoms with Crippen molar-refractivity contribution < 1.29 is 19.1 Å². The van der Waals surface area contributed by atoms with Gasteiger partial charge >= 0.3 is 5.97 Å². The van der Waals surface area contributed by atoms with E-state index in [-0.39, 0.29) is 30.6 Å². The number of hydrogen-bond donors (Lipinski definition) is 0. The highest BCUT2D eigenvalue weighted by Gasteiger charge is 2.23. The first kappa shape index (κ1) is 17.4. The Balaban J connectivity index is 2.27. The molecule has 7 heteroatoms. The molecule has 0 aliphatic carbocycles. The van der Waals surface area contributed by atoms with Gasteiger partial charge in [0.1, 0.15) is 0 Å². The molecule has 21 heavy (non-hydrogen) atoms. The van der Waals surface area contributed by atoms with Crippen LogP contribution in [-0.2, 0) is 19.1 Å². The number of likely N-dealkylation sites (N-methyl/N-ethyl adjacent to an activating group) is 1. The molecule has 0 atom stereocenters. The van der Waals surface area contributed by atoms with Crippen molar-refractivity contribution in [3.05, 3.63) is 0 Å². The molecule has 1 saturated heterocycles. The van der Waals surface area contributed by atoms with Crippen LogP contribution >= 0.6 is 0 Å². The van der Waals surface area contributed by atoms with E-state index < -0.39 is 0 Å². The highest BCUT2D eigenvalue weighted by molar-refractivity contribution is 5.81. The predicted molar refractivity (Wildman–Crippen MR) is 77.6 cm³/mol. The largest absolute Gasteiger partial charge is 0.466 e. The van der Waals surface area contributed by atoms with Crippen molar-refractivity contribution in [3.8, 4) is 0 Å². The predicted octanol–water partition coefficient (Wildman–Crippen LogP) is -0.438. The summed E-state index contributed by atoms with van der Waals surface area (Å²) in [6.45, 7) is 5.04. The van der Waals surface area contributed by atoms with Gasteiger partial charge in [-0.05, 0) is 6.92 Å². The standard InChI is InChI=1S/C14H25N3O4/c1-4-21-14(20)6-5-12(18)17-9-7-16(8-10-17)11-13(19)15(2)3/h4-11H2,1-3H3. The lowest BCUT2D eigenvalue weighted by Gasteiger charge is -2.34. The Hall–Kier alpha value is -1.63.